The Kier molecular flexibility index (Phi) is 7.13. The van der Waals surface area contributed by atoms with Crippen LogP contribution in [0.2, 0.25) is 0 Å². The zero-order valence-electron chi connectivity index (χ0n) is 23.1. The number of carbonyl (C=O) groups is 1. The highest BCUT2D eigenvalue weighted by atomic mass is 32.1. The zero-order chi connectivity index (χ0) is 28.5. The van der Waals surface area contributed by atoms with Gasteiger partial charge >= 0.3 is 0 Å². The van der Waals surface area contributed by atoms with E-state index in [0.29, 0.717) is 30.3 Å². The number of benzene rings is 1. The third kappa shape index (κ3) is 5.50. The lowest BCUT2D eigenvalue weighted by Gasteiger charge is -2.26. The number of carbonyl (C=O) groups excluding carboxylic acids is 1. The van der Waals surface area contributed by atoms with Crippen molar-refractivity contribution in [3.05, 3.63) is 70.8 Å². The summed E-state index contributed by atoms with van der Waals surface area (Å²) in [5.41, 5.74) is 5.98. The molecule has 12 heteroatoms. The van der Waals surface area contributed by atoms with Crippen molar-refractivity contribution in [2.24, 2.45) is 7.05 Å². The molecule has 0 saturated carbocycles. The van der Waals surface area contributed by atoms with Gasteiger partial charge in [0.25, 0.3) is 5.91 Å². The minimum Gasteiger partial charge on any atom is -0.351 e. The van der Waals surface area contributed by atoms with Gasteiger partial charge in [-0.2, -0.15) is 10.4 Å². The molecule has 1 aromatic carbocycles. The van der Waals surface area contributed by atoms with Crippen LogP contribution in [-0.4, -0.2) is 69.3 Å². The highest BCUT2D eigenvalue weighted by Crippen LogP contribution is 2.38. The molecule has 1 aliphatic heterocycles. The number of anilines is 3. The molecular weight excluding hydrogens is 536 g/mol. The summed E-state index contributed by atoms with van der Waals surface area (Å²) in [5.74, 6) is 0.544. The summed E-state index contributed by atoms with van der Waals surface area (Å²) in [5, 5.41) is 22.1. The molecular formula is C29H30N10OS. The summed E-state index contributed by atoms with van der Waals surface area (Å²) >= 11 is 1.60. The molecule has 208 valence electrons. The molecule has 0 radical (unpaired) electrons. The molecule has 0 bridgehead atoms. The number of nitrogens with zero attached hydrogens (tertiary/aromatic N) is 7. The highest BCUT2D eigenvalue weighted by Gasteiger charge is 2.26. The van der Waals surface area contributed by atoms with Crippen molar-refractivity contribution in [1.29, 1.82) is 5.26 Å². The smallest absolute Gasteiger partial charge is 0.267 e. The number of aromatic amines is 1. The lowest BCUT2D eigenvalue weighted by Crippen LogP contribution is -2.31. The lowest BCUT2D eigenvalue weighted by atomic mass is 10.0. The molecule has 5 heterocycles. The van der Waals surface area contributed by atoms with Gasteiger partial charge in [0.15, 0.2) is 0 Å². The van der Waals surface area contributed by atoms with E-state index >= 15 is 0 Å². The Bertz CT molecular complexity index is 1760. The van der Waals surface area contributed by atoms with E-state index in [2.05, 4.69) is 41.7 Å². The molecule has 1 amide bonds. The van der Waals surface area contributed by atoms with Crippen LogP contribution in [0.5, 0.6) is 0 Å². The molecule has 0 fully saturated rings. The van der Waals surface area contributed by atoms with E-state index in [9.17, 15) is 10.1 Å². The van der Waals surface area contributed by atoms with E-state index in [0.717, 1.165) is 62.7 Å². The minimum absolute atomic E-state index is 0.116. The van der Waals surface area contributed by atoms with Gasteiger partial charge in [-0.15, -0.1) is 11.3 Å². The van der Waals surface area contributed by atoms with Gasteiger partial charge in [0.05, 0.1) is 24.0 Å². The fourth-order valence-electron chi connectivity index (χ4n) is 4.95. The quantitative estimate of drug-likeness (QED) is 0.258. The lowest BCUT2D eigenvalue weighted by molar-refractivity contribution is 0.0947. The van der Waals surface area contributed by atoms with E-state index in [-0.39, 0.29) is 5.91 Å². The molecule has 6 rings (SSSR count). The molecule has 0 aliphatic carbocycles. The normalized spacial score (nSPS) is 12.9. The van der Waals surface area contributed by atoms with Crippen LogP contribution >= 0.6 is 11.3 Å². The molecule has 11 nitrogen and oxygen atoms in total. The Balaban J connectivity index is 1.16. The van der Waals surface area contributed by atoms with E-state index < -0.39 is 0 Å². The van der Waals surface area contributed by atoms with Gasteiger partial charge in [-0.1, -0.05) is 6.07 Å². The number of amides is 1. The molecule has 5 aromatic rings. The van der Waals surface area contributed by atoms with Crippen molar-refractivity contribution in [2.45, 2.75) is 13.0 Å². The van der Waals surface area contributed by atoms with Crippen molar-refractivity contribution in [3.8, 4) is 17.2 Å². The van der Waals surface area contributed by atoms with Gasteiger partial charge in [0.2, 0.25) is 5.95 Å². The predicted octanol–water partition coefficient (Wildman–Crippen LogP) is 3.89. The van der Waals surface area contributed by atoms with Crippen LogP contribution in [0.3, 0.4) is 0 Å². The first-order chi connectivity index (χ1) is 19.9. The summed E-state index contributed by atoms with van der Waals surface area (Å²) in [6.07, 6.45) is 8.07. The first kappa shape index (κ1) is 26.5. The molecule has 1 aliphatic rings. The Morgan fingerprint density at radius 1 is 1.20 bits per heavy atom. The van der Waals surface area contributed by atoms with Crippen LogP contribution in [0.4, 0.5) is 16.6 Å². The number of H-pyrrole nitrogens is 1. The van der Waals surface area contributed by atoms with Crippen LogP contribution in [0, 0.1) is 11.3 Å². The number of nitrogens with one attached hydrogen (secondary N) is 3. The summed E-state index contributed by atoms with van der Waals surface area (Å²) in [6, 6.07) is 10.3. The zero-order valence-corrected chi connectivity index (χ0v) is 23.9. The fourth-order valence-corrected chi connectivity index (χ4v) is 6.19. The number of rotatable bonds is 8. The van der Waals surface area contributed by atoms with Crippen LogP contribution in [0.1, 0.15) is 26.5 Å². The van der Waals surface area contributed by atoms with Crippen molar-refractivity contribution in [3.63, 3.8) is 0 Å². The summed E-state index contributed by atoms with van der Waals surface area (Å²) in [6.45, 7) is 2.75. The van der Waals surface area contributed by atoms with E-state index in [1.165, 1.54) is 0 Å². The largest absolute Gasteiger partial charge is 0.351 e. The molecule has 0 spiro atoms. The van der Waals surface area contributed by atoms with E-state index in [1.54, 1.807) is 22.2 Å². The first-order valence-corrected chi connectivity index (χ1v) is 14.1. The molecule has 41 heavy (non-hydrogen) atoms. The second-order valence-electron chi connectivity index (χ2n) is 10.3. The number of hydrogen-bond donors (Lipinski definition) is 3. The number of nitriles is 1. The SMILES string of the molecule is CN(C)CCNC(=O)c1cc2cc(-c3cnc(N4CCc5c(sc(Nc6cnn(C)c6)c5C#N)C4)nc3)ccc2[nH]1. The number of hydrogen-bond acceptors (Lipinski definition) is 9. The third-order valence-electron chi connectivity index (χ3n) is 7.10. The molecule has 3 N–H and O–H groups in total. The number of aryl methyl sites for hydroxylation is 1. The Morgan fingerprint density at radius 3 is 2.76 bits per heavy atom. The molecule has 0 saturated heterocycles. The molecule has 4 aromatic heterocycles. The standard InChI is InChI=1S/C29H30N10OS/c1-37(2)9-7-31-27(40)25-11-19-10-18(4-5-24(19)36-25)20-13-32-29(33-14-20)39-8-6-22-23(12-30)28(41-26(22)17-39)35-21-15-34-38(3)16-21/h4-5,10-11,13-16,35-36H,6-9,17H2,1-3H3,(H,31,40). The number of likely N-dealkylation sites (N-methyl/N-ethyl adjacent to an activating group) is 1. The summed E-state index contributed by atoms with van der Waals surface area (Å²) in [7, 11) is 5.81. The van der Waals surface area contributed by atoms with Crippen molar-refractivity contribution >= 4 is 44.8 Å². The Hall–Kier alpha value is -4.73. The maximum absolute atomic E-state index is 12.5. The van der Waals surface area contributed by atoms with Crippen LogP contribution < -0.4 is 15.5 Å². The van der Waals surface area contributed by atoms with Crippen molar-refractivity contribution in [2.75, 3.05) is 43.9 Å². The van der Waals surface area contributed by atoms with Crippen molar-refractivity contribution < 1.29 is 4.79 Å². The van der Waals surface area contributed by atoms with Crippen LogP contribution in [-0.2, 0) is 20.0 Å². The average Bonchev–Trinajstić information content (AvgIpc) is 3.68. The Morgan fingerprint density at radius 2 is 2.02 bits per heavy atom. The topological polar surface area (TPSA) is 131 Å². The highest BCUT2D eigenvalue weighted by molar-refractivity contribution is 7.16. The monoisotopic (exact) mass is 566 g/mol. The van der Waals surface area contributed by atoms with E-state index in [4.69, 9.17) is 0 Å². The van der Waals surface area contributed by atoms with Gasteiger partial charge in [-0.25, -0.2) is 9.97 Å². The number of aromatic nitrogens is 5. The molecule has 0 unspecified atom stereocenters. The predicted molar refractivity (Wildman–Crippen MR) is 160 cm³/mol. The fraction of sp³-hybridized carbons (Fsp3) is 0.276. The van der Waals surface area contributed by atoms with Gasteiger partial charge in [0.1, 0.15) is 16.8 Å². The van der Waals surface area contributed by atoms with Gasteiger partial charge in [-0.05, 0) is 49.8 Å². The van der Waals surface area contributed by atoms with Gasteiger partial charge in [-0.3, -0.25) is 9.48 Å². The first-order valence-electron chi connectivity index (χ1n) is 13.3. The van der Waals surface area contributed by atoms with Gasteiger partial charge < -0.3 is 25.4 Å². The maximum atomic E-state index is 12.5. The van der Waals surface area contributed by atoms with Crippen LogP contribution in [0.15, 0.2) is 49.1 Å². The number of thiophene rings is 1. The summed E-state index contributed by atoms with van der Waals surface area (Å²) in [4.78, 5) is 30.4. The minimum atomic E-state index is -0.116. The average molecular weight is 567 g/mol. The van der Waals surface area contributed by atoms with Crippen LogP contribution in [0.25, 0.3) is 22.0 Å². The van der Waals surface area contributed by atoms with E-state index in [1.807, 2.05) is 68.9 Å². The maximum Gasteiger partial charge on any atom is 0.267 e. The second-order valence-corrected chi connectivity index (χ2v) is 11.4. The van der Waals surface area contributed by atoms with Gasteiger partial charge in [0, 0.05) is 66.6 Å². The number of fused-ring (bicyclic) bond motifs is 2. The third-order valence-corrected chi connectivity index (χ3v) is 8.23. The van der Waals surface area contributed by atoms with Crippen molar-refractivity contribution in [1.82, 2.24) is 34.9 Å². The second kappa shape index (κ2) is 11.0. The summed E-state index contributed by atoms with van der Waals surface area (Å²) < 4.78 is 1.73. The molecule has 0 atom stereocenters. The Labute approximate surface area is 241 Å².